The van der Waals surface area contributed by atoms with Crippen LogP contribution < -0.4 is 5.73 Å². The third kappa shape index (κ3) is 2.58. The Kier molecular flexibility index (Phi) is 3.00. The van der Waals surface area contributed by atoms with Gasteiger partial charge in [0.2, 0.25) is 0 Å². The Morgan fingerprint density at radius 1 is 1.36 bits per heavy atom. The summed E-state index contributed by atoms with van der Waals surface area (Å²) in [6.45, 7) is 2.19. The zero-order valence-electron chi connectivity index (χ0n) is 6.99. The maximum atomic E-state index is 10.3. The van der Waals surface area contributed by atoms with Gasteiger partial charge in [-0.15, -0.1) is 0 Å². The van der Waals surface area contributed by atoms with Crippen LogP contribution in [0.4, 0.5) is 0 Å². The highest BCUT2D eigenvalue weighted by Crippen LogP contribution is 2.23. The van der Waals surface area contributed by atoms with Crippen LogP contribution in [-0.2, 0) is 0 Å². The SMILES string of the molecule is CC1CCC(N=O)CC(N)C1. The maximum absolute atomic E-state index is 10.3. The molecule has 3 heteroatoms. The second-order valence-corrected chi connectivity index (χ2v) is 3.67. The van der Waals surface area contributed by atoms with Crippen molar-refractivity contribution in [2.24, 2.45) is 16.8 Å². The minimum absolute atomic E-state index is 0.0186. The summed E-state index contributed by atoms with van der Waals surface area (Å²) in [6.07, 6.45) is 3.86. The van der Waals surface area contributed by atoms with E-state index in [1.165, 1.54) is 0 Å². The number of nitrogens with zero attached hydrogens (tertiary/aromatic N) is 1. The first kappa shape index (κ1) is 8.65. The average Bonchev–Trinajstić information content (AvgIpc) is 2.11. The Morgan fingerprint density at radius 2 is 2.09 bits per heavy atom. The van der Waals surface area contributed by atoms with E-state index in [9.17, 15) is 4.91 Å². The standard InChI is InChI=1S/C8H16N2O/c1-6-2-3-8(10-11)5-7(9)4-6/h6-8H,2-5,9H2,1H3. The highest BCUT2D eigenvalue weighted by molar-refractivity contribution is 4.79. The van der Waals surface area contributed by atoms with Crippen LogP contribution in [-0.4, -0.2) is 12.1 Å². The minimum Gasteiger partial charge on any atom is -0.328 e. The Labute approximate surface area is 67.3 Å². The van der Waals surface area contributed by atoms with E-state index in [1.807, 2.05) is 0 Å². The van der Waals surface area contributed by atoms with Gasteiger partial charge < -0.3 is 5.73 Å². The van der Waals surface area contributed by atoms with Crippen molar-refractivity contribution >= 4 is 0 Å². The van der Waals surface area contributed by atoms with E-state index in [0.29, 0.717) is 5.92 Å². The van der Waals surface area contributed by atoms with E-state index < -0.39 is 0 Å². The molecule has 0 radical (unpaired) electrons. The summed E-state index contributed by atoms with van der Waals surface area (Å²) >= 11 is 0. The minimum atomic E-state index is -0.0186. The quantitative estimate of drug-likeness (QED) is 0.463. The monoisotopic (exact) mass is 156 g/mol. The van der Waals surface area contributed by atoms with Gasteiger partial charge in [-0.05, 0) is 31.6 Å². The molecule has 1 rings (SSSR count). The van der Waals surface area contributed by atoms with E-state index in [4.69, 9.17) is 5.73 Å². The van der Waals surface area contributed by atoms with Gasteiger partial charge in [0.15, 0.2) is 0 Å². The van der Waals surface area contributed by atoms with Crippen LogP contribution in [0.15, 0.2) is 5.18 Å². The van der Waals surface area contributed by atoms with Crippen molar-refractivity contribution in [3.63, 3.8) is 0 Å². The molecule has 1 aliphatic carbocycles. The van der Waals surface area contributed by atoms with Gasteiger partial charge in [-0.25, -0.2) is 0 Å². The van der Waals surface area contributed by atoms with Crippen molar-refractivity contribution in [1.82, 2.24) is 0 Å². The van der Waals surface area contributed by atoms with Gasteiger partial charge in [0.05, 0.1) is 6.04 Å². The van der Waals surface area contributed by atoms with Crippen LogP contribution in [0.2, 0.25) is 0 Å². The lowest BCUT2D eigenvalue weighted by molar-refractivity contribution is 0.469. The summed E-state index contributed by atoms with van der Waals surface area (Å²) in [5.41, 5.74) is 5.79. The van der Waals surface area contributed by atoms with E-state index in [-0.39, 0.29) is 12.1 Å². The van der Waals surface area contributed by atoms with E-state index in [0.717, 1.165) is 25.7 Å². The molecule has 1 saturated carbocycles. The normalized spacial score (nSPS) is 39.6. The lowest BCUT2D eigenvalue weighted by Crippen LogP contribution is -2.24. The second-order valence-electron chi connectivity index (χ2n) is 3.67. The number of nitrogens with two attached hydrogens (primary N) is 1. The Bertz CT molecular complexity index is 138. The summed E-state index contributed by atoms with van der Waals surface area (Å²) in [7, 11) is 0. The van der Waals surface area contributed by atoms with Crippen molar-refractivity contribution in [3.8, 4) is 0 Å². The van der Waals surface area contributed by atoms with Crippen molar-refractivity contribution in [3.05, 3.63) is 4.91 Å². The summed E-state index contributed by atoms with van der Waals surface area (Å²) in [6, 6.07) is 0.171. The van der Waals surface area contributed by atoms with Gasteiger partial charge in [-0.1, -0.05) is 12.1 Å². The van der Waals surface area contributed by atoms with Crippen LogP contribution in [0.5, 0.6) is 0 Å². The van der Waals surface area contributed by atoms with Crippen molar-refractivity contribution in [1.29, 1.82) is 0 Å². The molecule has 2 N–H and O–H groups in total. The molecule has 0 aromatic carbocycles. The summed E-state index contributed by atoms with van der Waals surface area (Å²) in [4.78, 5) is 10.3. The zero-order valence-corrected chi connectivity index (χ0v) is 6.99. The number of hydrogen-bond donors (Lipinski definition) is 1. The second kappa shape index (κ2) is 3.81. The van der Waals surface area contributed by atoms with E-state index in [1.54, 1.807) is 0 Å². The van der Waals surface area contributed by atoms with Gasteiger partial charge in [-0.2, -0.15) is 4.91 Å². The van der Waals surface area contributed by atoms with Crippen molar-refractivity contribution in [2.45, 2.75) is 44.7 Å². The molecular formula is C8H16N2O. The molecule has 1 aliphatic rings. The van der Waals surface area contributed by atoms with Crippen molar-refractivity contribution < 1.29 is 0 Å². The number of nitroso groups, excluding NO2 is 1. The third-order valence-electron chi connectivity index (χ3n) is 2.42. The summed E-state index contributed by atoms with van der Waals surface area (Å²) in [5.74, 6) is 0.664. The highest BCUT2D eigenvalue weighted by Gasteiger charge is 2.21. The molecule has 11 heavy (non-hydrogen) atoms. The molecule has 1 fully saturated rings. The molecule has 0 aromatic heterocycles. The van der Waals surface area contributed by atoms with Crippen LogP contribution in [0, 0.1) is 10.8 Å². The van der Waals surface area contributed by atoms with Crippen LogP contribution in [0.3, 0.4) is 0 Å². The van der Waals surface area contributed by atoms with Crippen LogP contribution >= 0.6 is 0 Å². The molecule has 64 valence electrons. The fourth-order valence-electron chi connectivity index (χ4n) is 1.77. The topological polar surface area (TPSA) is 55.5 Å². The molecule has 0 heterocycles. The van der Waals surface area contributed by atoms with Crippen molar-refractivity contribution in [2.75, 3.05) is 0 Å². The Balaban J connectivity index is 2.45. The Hall–Kier alpha value is -0.440. The summed E-state index contributed by atoms with van der Waals surface area (Å²) < 4.78 is 0. The molecular weight excluding hydrogens is 140 g/mol. The molecule has 0 spiro atoms. The maximum Gasteiger partial charge on any atom is 0.0934 e. The molecule has 3 atom stereocenters. The fraction of sp³-hybridized carbons (Fsp3) is 1.00. The predicted octanol–water partition coefficient (Wildman–Crippen LogP) is 1.66. The van der Waals surface area contributed by atoms with Crippen LogP contribution in [0.1, 0.15) is 32.6 Å². The van der Waals surface area contributed by atoms with Gasteiger partial charge >= 0.3 is 0 Å². The average molecular weight is 156 g/mol. The van der Waals surface area contributed by atoms with Crippen LogP contribution in [0.25, 0.3) is 0 Å². The fourth-order valence-corrected chi connectivity index (χ4v) is 1.77. The van der Waals surface area contributed by atoms with E-state index >= 15 is 0 Å². The predicted molar refractivity (Wildman–Crippen MR) is 45.2 cm³/mol. The first-order chi connectivity index (χ1) is 5.22. The molecule has 0 bridgehead atoms. The largest absolute Gasteiger partial charge is 0.328 e. The zero-order chi connectivity index (χ0) is 8.27. The molecule has 0 saturated heterocycles. The number of hydrogen-bond acceptors (Lipinski definition) is 3. The molecule has 0 aliphatic heterocycles. The summed E-state index contributed by atoms with van der Waals surface area (Å²) in [5, 5.41) is 3.06. The molecule has 0 aromatic rings. The van der Waals surface area contributed by atoms with Gasteiger partial charge in [0, 0.05) is 6.04 Å². The number of rotatable bonds is 1. The Morgan fingerprint density at radius 3 is 2.73 bits per heavy atom. The lowest BCUT2D eigenvalue weighted by atomic mass is 10.0. The van der Waals surface area contributed by atoms with Gasteiger partial charge in [-0.3, -0.25) is 0 Å². The van der Waals surface area contributed by atoms with Gasteiger partial charge in [0.25, 0.3) is 0 Å². The lowest BCUT2D eigenvalue weighted by Gasteiger charge is -2.10. The molecule has 0 amide bonds. The molecule has 3 nitrogen and oxygen atoms in total. The first-order valence-corrected chi connectivity index (χ1v) is 4.30. The third-order valence-corrected chi connectivity index (χ3v) is 2.42. The highest BCUT2D eigenvalue weighted by atomic mass is 16.3. The smallest absolute Gasteiger partial charge is 0.0934 e. The molecule has 3 unspecified atom stereocenters. The van der Waals surface area contributed by atoms with E-state index in [2.05, 4.69) is 12.1 Å². The van der Waals surface area contributed by atoms with Gasteiger partial charge in [0.1, 0.15) is 0 Å². The first-order valence-electron chi connectivity index (χ1n) is 4.30.